The van der Waals surface area contributed by atoms with E-state index >= 15 is 0 Å². The highest BCUT2D eigenvalue weighted by Crippen LogP contribution is 2.49. The Hall–Kier alpha value is -5.71. The number of aromatic nitrogens is 3. The normalized spacial score (nSPS) is 13.4. The van der Waals surface area contributed by atoms with Crippen LogP contribution in [0.5, 0.6) is 0 Å². The molecule has 0 fully saturated rings. The number of rotatable bonds is 3. The van der Waals surface area contributed by atoms with E-state index in [0.29, 0.717) is 17.5 Å². The standard InChI is InChI=1S/C44H29N3S/c1-44(2)35-14-8-6-12-31(35)34-25-30(20-22-36(34)44)43-46-41(28-10-4-3-5-11-28)45-42(47-43)29-19-17-26-16-18-27-21-23-38-40(39(27)33(26)24-29)32-13-7-9-15-37(32)48-38/h3-25H,1-2H3. The van der Waals surface area contributed by atoms with Crippen molar-refractivity contribution < 1.29 is 0 Å². The molecule has 2 aromatic heterocycles. The molecule has 0 radical (unpaired) electrons. The molecule has 0 spiro atoms. The minimum Gasteiger partial charge on any atom is -0.208 e. The Bertz CT molecular complexity index is 2760. The molecule has 2 heterocycles. The first kappa shape index (κ1) is 27.4. The Morgan fingerprint density at radius 1 is 0.438 bits per heavy atom. The predicted octanol–water partition coefficient (Wildman–Crippen LogP) is 11.9. The largest absolute Gasteiger partial charge is 0.208 e. The summed E-state index contributed by atoms with van der Waals surface area (Å²) in [6.07, 6.45) is 0. The fourth-order valence-electron chi connectivity index (χ4n) is 7.71. The summed E-state index contributed by atoms with van der Waals surface area (Å²) < 4.78 is 2.61. The summed E-state index contributed by atoms with van der Waals surface area (Å²) in [5.74, 6) is 2.01. The van der Waals surface area contributed by atoms with Gasteiger partial charge in [0.05, 0.1) is 0 Å². The molecule has 0 saturated carbocycles. The summed E-state index contributed by atoms with van der Waals surface area (Å²) in [6.45, 7) is 4.62. The van der Waals surface area contributed by atoms with Crippen LogP contribution in [0.3, 0.4) is 0 Å². The van der Waals surface area contributed by atoms with Crippen molar-refractivity contribution in [2.75, 3.05) is 0 Å². The maximum absolute atomic E-state index is 5.19. The lowest BCUT2D eigenvalue weighted by atomic mass is 9.82. The van der Waals surface area contributed by atoms with Gasteiger partial charge in [-0.3, -0.25) is 0 Å². The minimum atomic E-state index is -0.0585. The number of nitrogens with zero attached hydrogens (tertiary/aromatic N) is 3. The van der Waals surface area contributed by atoms with Gasteiger partial charge in [0, 0.05) is 42.3 Å². The predicted molar refractivity (Wildman–Crippen MR) is 202 cm³/mol. The van der Waals surface area contributed by atoms with Gasteiger partial charge in [0.25, 0.3) is 0 Å². The van der Waals surface area contributed by atoms with Crippen molar-refractivity contribution in [1.82, 2.24) is 15.0 Å². The van der Waals surface area contributed by atoms with Gasteiger partial charge in [-0.1, -0.05) is 129 Å². The highest BCUT2D eigenvalue weighted by atomic mass is 32.1. The van der Waals surface area contributed by atoms with Crippen molar-refractivity contribution in [3.63, 3.8) is 0 Å². The quantitative estimate of drug-likeness (QED) is 0.182. The van der Waals surface area contributed by atoms with Gasteiger partial charge in [-0.15, -0.1) is 11.3 Å². The molecule has 0 amide bonds. The average Bonchev–Trinajstić information content (AvgIpc) is 3.63. The molecule has 1 aliphatic rings. The van der Waals surface area contributed by atoms with Gasteiger partial charge in [0.15, 0.2) is 17.5 Å². The molecule has 0 bridgehead atoms. The van der Waals surface area contributed by atoms with Gasteiger partial charge in [-0.05, 0) is 68.1 Å². The highest BCUT2D eigenvalue weighted by molar-refractivity contribution is 7.26. The molecule has 226 valence electrons. The molecule has 0 unspecified atom stereocenters. The van der Waals surface area contributed by atoms with Crippen LogP contribution in [0.15, 0.2) is 140 Å². The van der Waals surface area contributed by atoms with Gasteiger partial charge in [-0.25, -0.2) is 15.0 Å². The lowest BCUT2D eigenvalue weighted by molar-refractivity contribution is 0.660. The fourth-order valence-corrected chi connectivity index (χ4v) is 8.82. The van der Waals surface area contributed by atoms with Crippen molar-refractivity contribution >= 4 is 53.1 Å². The van der Waals surface area contributed by atoms with E-state index in [1.807, 2.05) is 29.5 Å². The van der Waals surface area contributed by atoms with Crippen LogP contribution in [0.2, 0.25) is 0 Å². The zero-order valence-electron chi connectivity index (χ0n) is 26.5. The van der Waals surface area contributed by atoms with Crippen LogP contribution < -0.4 is 0 Å². The van der Waals surface area contributed by atoms with Crippen molar-refractivity contribution in [2.45, 2.75) is 19.3 Å². The summed E-state index contributed by atoms with van der Waals surface area (Å²) in [5, 5.41) is 7.54. The summed E-state index contributed by atoms with van der Waals surface area (Å²) in [5.41, 5.74) is 8.09. The molecule has 48 heavy (non-hydrogen) atoms. The van der Waals surface area contributed by atoms with E-state index in [1.54, 1.807) is 0 Å². The Morgan fingerprint density at radius 3 is 1.92 bits per heavy atom. The summed E-state index contributed by atoms with van der Waals surface area (Å²) >= 11 is 1.86. The first-order valence-electron chi connectivity index (χ1n) is 16.4. The Kier molecular flexibility index (Phi) is 5.79. The zero-order chi connectivity index (χ0) is 32.0. The SMILES string of the molecule is CC1(C)c2ccccc2-c2cc(-c3nc(-c4ccccc4)nc(-c4ccc5ccc6ccc7sc8ccccc8c7c6c5c4)n3)ccc21. The second-order valence-electron chi connectivity index (χ2n) is 13.2. The lowest BCUT2D eigenvalue weighted by Crippen LogP contribution is -2.14. The topological polar surface area (TPSA) is 38.7 Å². The van der Waals surface area contributed by atoms with Crippen LogP contribution in [0, 0.1) is 0 Å². The summed E-state index contributed by atoms with van der Waals surface area (Å²) in [6, 6.07) is 50.0. The molecule has 1 aliphatic carbocycles. The van der Waals surface area contributed by atoms with Crippen molar-refractivity contribution in [3.8, 4) is 45.3 Å². The van der Waals surface area contributed by atoms with Gasteiger partial charge >= 0.3 is 0 Å². The van der Waals surface area contributed by atoms with Crippen molar-refractivity contribution in [3.05, 3.63) is 151 Å². The van der Waals surface area contributed by atoms with E-state index in [4.69, 9.17) is 15.0 Å². The van der Waals surface area contributed by atoms with Crippen LogP contribution in [-0.2, 0) is 5.41 Å². The number of hydrogen-bond donors (Lipinski definition) is 0. The van der Waals surface area contributed by atoms with E-state index in [1.165, 1.54) is 64.0 Å². The third kappa shape index (κ3) is 4.03. The maximum atomic E-state index is 5.19. The van der Waals surface area contributed by atoms with E-state index in [2.05, 4.69) is 135 Å². The Morgan fingerprint density at radius 2 is 1.06 bits per heavy atom. The van der Waals surface area contributed by atoms with Crippen molar-refractivity contribution in [2.24, 2.45) is 0 Å². The first-order chi connectivity index (χ1) is 23.5. The molecule has 0 aliphatic heterocycles. The number of benzene rings is 7. The molecule has 0 saturated heterocycles. The maximum Gasteiger partial charge on any atom is 0.164 e. The van der Waals surface area contributed by atoms with Gasteiger partial charge in [0.2, 0.25) is 0 Å². The third-order valence-corrected chi connectivity index (χ3v) is 11.2. The summed E-state index contributed by atoms with van der Waals surface area (Å²) in [7, 11) is 0. The molecule has 0 N–H and O–H groups in total. The molecule has 10 rings (SSSR count). The number of thiophene rings is 1. The molecular formula is C44H29N3S. The summed E-state index contributed by atoms with van der Waals surface area (Å²) in [4.78, 5) is 15.4. The minimum absolute atomic E-state index is 0.0585. The van der Waals surface area contributed by atoms with Crippen LogP contribution in [0.4, 0.5) is 0 Å². The number of fused-ring (bicyclic) bond motifs is 10. The third-order valence-electron chi connectivity index (χ3n) is 10.1. The van der Waals surface area contributed by atoms with E-state index in [9.17, 15) is 0 Å². The van der Waals surface area contributed by atoms with E-state index < -0.39 is 0 Å². The second-order valence-corrected chi connectivity index (χ2v) is 14.3. The van der Waals surface area contributed by atoms with Gasteiger partial charge < -0.3 is 0 Å². The van der Waals surface area contributed by atoms with Crippen LogP contribution in [0.1, 0.15) is 25.0 Å². The zero-order valence-corrected chi connectivity index (χ0v) is 27.3. The van der Waals surface area contributed by atoms with Crippen LogP contribution >= 0.6 is 11.3 Å². The van der Waals surface area contributed by atoms with E-state index in [-0.39, 0.29) is 5.41 Å². The molecule has 9 aromatic rings. The van der Waals surface area contributed by atoms with Gasteiger partial charge in [-0.2, -0.15) is 0 Å². The molecule has 3 nitrogen and oxygen atoms in total. The van der Waals surface area contributed by atoms with Crippen LogP contribution in [0.25, 0.3) is 87.0 Å². The van der Waals surface area contributed by atoms with E-state index in [0.717, 1.165) is 16.7 Å². The Labute approximate surface area is 282 Å². The fraction of sp³-hybridized carbons (Fsp3) is 0.0682. The smallest absolute Gasteiger partial charge is 0.164 e. The molecular weight excluding hydrogens is 603 g/mol. The van der Waals surface area contributed by atoms with Crippen molar-refractivity contribution in [1.29, 1.82) is 0 Å². The Balaban J connectivity index is 1.21. The molecule has 7 aromatic carbocycles. The second kappa shape index (κ2) is 10.1. The number of hydrogen-bond acceptors (Lipinski definition) is 4. The average molecular weight is 632 g/mol. The monoisotopic (exact) mass is 631 g/mol. The lowest BCUT2D eigenvalue weighted by Gasteiger charge is -2.21. The molecule has 4 heteroatoms. The first-order valence-corrected chi connectivity index (χ1v) is 17.2. The highest BCUT2D eigenvalue weighted by Gasteiger charge is 2.35. The van der Waals surface area contributed by atoms with Crippen LogP contribution in [-0.4, -0.2) is 15.0 Å². The molecule has 0 atom stereocenters. The van der Waals surface area contributed by atoms with Gasteiger partial charge in [0.1, 0.15) is 0 Å².